The molecule has 1 N–H and O–H groups in total. The summed E-state index contributed by atoms with van der Waals surface area (Å²) in [6, 6.07) is 6.07. The molecule has 7 heteroatoms. The van der Waals surface area contributed by atoms with Crippen LogP contribution in [0.4, 0.5) is 15.9 Å². The van der Waals surface area contributed by atoms with Crippen molar-refractivity contribution in [3.63, 3.8) is 0 Å². The summed E-state index contributed by atoms with van der Waals surface area (Å²) in [5, 5.41) is 13.8. The molecule has 0 amide bonds. The van der Waals surface area contributed by atoms with E-state index in [1.54, 1.807) is 19.1 Å². The second-order valence-electron chi connectivity index (χ2n) is 4.17. The largest absolute Gasteiger partial charge is 0.365 e. The summed E-state index contributed by atoms with van der Waals surface area (Å²) in [6.45, 7) is 2.09. The predicted octanol–water partition coefficient (Wildman–Crippen LogP) is 3.81. The van der Waals surface area contributed by atoms with E-state index in [0.29, 0.717) is 22.4 Å². The first kappa shape index (κ1) is 14.4. The van der Waals surface area contributed by atoms with Crippen LogP contribution in [-0.4, -0.2) is 9.91 Å². The molecule has 0 radical (unpaired) electrons. The molecule has 0 unspecified atom stereocenters. The lowest BCUT2D eigenvalue weighted by Crippen LogP contribution is -2.04. The lowest BCUT2D eigenvalue weighted by atomic mass is 10.2. The van der Waals surface area contributed by atoms with Crippen LogP contribution in [0.15, 0.2) is 34.9 Å². The molecule has 20 heavy (non-hydrogen) atoms. The van der Waals surface area contributed by atoms with Crippen LogP contribution >= 0.6 is 15.9 Å². The first-order chi connectivity index (χ1) is 9.49. The standard InChI is InChI=1S/C13H11BrFN3O2/c1-8-11(18(19)20)7-17-13(12(8)14)16-6-9-2-4-10(15)5-3-9/h2-5,7H,6H2,1H3,(H,16,17). The first-order valence-corrected chi connectivity index (χ1v) is 6.56. The molecule has 0 atom stereocenters. The van der Waals surface area contributed by atoms with Gasteiger partial charge in [-0.2, -0.15) is 0 Å². The number of nitrogens with zero attached hydrogens (tertiary/aromatic N) is 2. The summed E-state index contributed by atoms with van der Waals surface area (Å²) in [5.74, 6) is 0.219. The van der Waals surface area contributed by atoms with Gasteiger partial charge in [0.2, 0.25) is 0 Å². The highest BCUT2D eigenvalue weighted by Gasteiger charge is 2.16. The quantitative estimate of drug-likeness (QED) is 0.679. The van der Waals surface area contributed by atoms with Crippen molar-refractivity contribution in [1.82, 2.24) is 4.98 Å². The van der Waals surface area contributed by atoms with E-state index in [-0.39, 0.29) is 11.5 Å². The molecule has 2 aromatic rings. The average molecular weight is 340 g/mol. The van der Waals surface area contributed by atoms with E-state index in [0.717, 1.165) is 5.56 Å². The minimum atomic E-state index is -0.475. The summed E-state index contributed by atoms with van der Waals surface area (Å²) < 4.78 is 13.3. The van der Waals surface area contributed by atoms with Gasteiger partial charge in [0.1, 0.15) is 17.8 Å². The topological polar surface area (TPSA) is 68.1 Å². The molecule has 0 saturated carbocycles. The number of nitrogens with one attached hydrogen (secondary N) is 1. The van der Waals surface area contributed by atoms with Gasteiger partial charge in [-0.15, -0.1) is 0 Å². The third kappa shape index (κ3) is 3.11. The minimum absolute atomic E-state index is 0.0378. The number of halogens is 2. The zero-order chi connectivity index (χ0) is 14.7. The summed E-state index contributed by atoms with van der Waals surface area (Å²) in [4.78, 5) is 14.3. The van der Waals surface area contributed by atoms with Crippen LogP contribution in [0.1, 0.15) is 11.1 Å². The summed E-state index contributed by atoms with van der Waals surface area (Å²) >= 11 is 3.30. The van der Waals surface area contributed by atoms with E-state index in [2.05, 4.69) is 26.2 Å². The molecule has 0 aliphatic rings. The molecular weight excluding hydrogens is 329 g/mol. The van der Waals surface area contributed by atoms with Gasteiger partial charge in [0.15, 0.2) is 0 Å². The van der Waals surface area contributed by atoms with Crippen molar-refractivity contribution in [2.24, 2.45) is 0 Å². The smallest absolute Gasteiger partial charge is 0.291 e. The van der Waals surface area contributed by atoms with E-state index in [9.17, 15) is 14.5 Å². The Balaban J connectivity index is 2.16. The molecule has 1 aromatic carbocycles. The van der Waals surface area contributed by atoms with Crippen LogP contribution in [0, 0.1) is 22.9 Å². The Morgan fingerprint density at radius 3 is 2.65 bits per heavy atom. The number of hydrogen-bond acceptors (Lipinski definition) is 4. The van der Waals surface area contributed by atoms with Gasteiger partial charge in [0, 0.05) is 12.1 Å². The number of nitro groups is 1. The Kier molecular flexibility index (Phi) is 4.29. The number of anilines is 1. The Hall–Kier alpha value is -2.02. The van der Waals surface area contributed by atoms with Crippen LogP contribution in [0.2, 0.25) is 0 Å². The second-order valence-corrected chi connectivity index (χ2v) is 4.96. The van der Waals surface area contributed by atoms with Gasteiger partial charge in [0.05, 0.1) is 9.40 Å². The normalized spacial score (nSPS) is 10.3. The highest BCUT2D eigenvalue weighted by molar-refractivity contribution is 9.10. The summed E-state index contributed by atoms with van der Waals surface area (Å²) in [5.41, 5.74) is 1.35. The van der Waals surface area contributed by atoms with Gasteiger partial charge in [-0.25, -0.2) is 9.37 Å². The van der Waals surface area contributed by atoms with Crippen molar-refractivity contribution in [2.45, 2.75) is 13.5 Å². The molecule has 104 valence electrons. The molecule has 5 nitrogen and oxygen atoms in total. The van der Waals surface area contributed by atoms with Crippen molar-refractivity contribution in [3.05, 3.63) is 62.0 Å². The summed E-state index contributed by atoms with van der Waals surface area (Å²) in [7, 11) is 0. The molecule has 0 fully saturated rings. The Bertz CT molecular complexity index is 647. The molecule has 0 bridgehead atoms. The van der Waals surface area contributed by atoms with E-state index < -0.39 is 4.92 Å². The lowest BCUT2D eigenvalue weighted by Gasteiger charge is -2.09. The molecule has 2 rings (SSSR count). The average Bonchev–Trinajstić information content (AvgIpc) is 2.42. The van der Waals surface area contributed by atoms with E-state index >= 15 is 0 Å². The number of rotatable bonds is 4. The predicted molar refractivity (Wildman–Crippen MR) is 77.1 cm³/mol. The molecule has 0 aliphatic carbocycles. The second kappa shape index (κ2) is 5.96. The van der Waals surface area contributed by atoms with E-state index in [1.165, 1.54) is 18.3 Å². The molecule has 0 aliphatic heterocycles. The lowest BCUT2D eigenvalue weighted by molar-refractivity contribution is -0.385. The van der Waals surface area contributed by atoms with E-state index in [4.69, 9.17) is 0 Å². The maximum atomic E-state index is 12.8. The fourth-order valence-electron chi connectivity index (χ4n) is 1.66. The van der Waals surface area contributed by atoms with Gasteiger partial charge in [-0.3, -0.25) is 10.1 Å². The summed E-state index contributed by atoms with van der Waals surface area (Å²) in [6.07, 6.45) is 1.22. The van der Waals surface area contributed by atoms with E-state index in [1.807, 2.05) is 0 Å². The van der Waals surface area contributed by atoms with Crippen molar-refractivity contribution in [2.75, 3.05) is 5.32 Å². The molecule has 0 spiro atoms. The monoisotopic (exact) mass is 339 g/mol. The SMILES string of the molecule is Cc1c([N+](=O)[O-])cnc(NCc2ccc(F)cc2)c1Br. The minimum Gasteiger partial charge on any atom is -0.365 e. The zero-order valence-corrected chi connectivity index (χ0v) is 12.1. The van der Waals surface area contributed by atoms with Crippen LogP contribution in [0.5, 0.6) is 0 Å². The molecule has 1 aromatic heterocycles. The molecular formula is C13H11BrFN3O2. The van der Waals surface area contributed by atoms with Crippen molar-refractivity contribution >= 4 is 27.4 Å². The Morgan fingerprint density at radius 1 is 1.40 bits per heavy atom. The van der Waals surface area contributed by atoms with Crippen LogP contribution in [0.25, 0.3) is 0 Å². The Morgan fingerprint density at radius 2 is 2.05 bits per heavy atom. The van der Waals surface area contributed by atoms with Gasteiger partial charge in [0.25, 0.3) is 5.69 Å². The first-order valence-electron chi connectivity index (χ1n) is 5.77. The number of benzene rings is 1. The van der Waals surface area contributed by atoms with Gasteiger partial charge >= 0.3 is 0 Å². The number of aromatic nitrogens is 1. The van der Waals surface area contributed by atoms with Crippen molar-refractivity contribution < 1.29 is 9.31 Å². The van der Waals surface area contributed by atoms with Gasteiger partial charge in [-0.05, 0) is 40.5 Å². The highest BCUT2D eigenvalue weighted by atomic mass is 79.9. The maximum Gasteiger partial charge on any atom is 0.291 e. The van der Waals surface area contributed by atoms with Gasteiger partial charge in [-0.1, -0.05) is 12.1 Å². The maximum absolute atomic E-state index is 12.8. The highest BCUT2D eigenvalue weighted by Crippen LogP contribution is 2.30. The van der Waals surface area contributed by atoms with Crippen LogP contribution < -0.4 is 5.32 Å². The van der Waals surface area contributed by atoms with Gasteiger partial charge < -0.3 is 5.32 Å². The number of pyridine rings is 1. The zero-order valence-electron chi connectivity index (χ0n) is 10.6. The molecule has 0 saturated heterocycles. The molecule has 1 heterocycles. The number of hydrogen-bond donors (Lipinski definition) is 1. The van der Waals surface area contributed by atoms with Crippen LogP contribution in [0.3, 0.4) is 0 Å². The van der Waals surface area contributed by atoms with Crippen molar-refractivity contribution in [1.29, 1.82) is 0 Å². The van der Waals surface area contributed by atoms with Crippen LogP contribution in [-0.2, 0) is 6.54 Å². The Labute approximate surface area is 123 Å². The fourth-order valence-corrected chi connectivity index (χ4v) is 2.11. The van der Waals surface area contributed by atoms with Crippen molar-refractivity contribution in [3.8, 4) is 0 Å². The third-order valence-electron chi connectivity index (χ3n) is 2.81. The fraction of sp³-hybridized carbons (Fsp3) is 0.154. The third-order valence-corrected chi connectivity index (χ3v) is 3.78.